The standard InChI is InChI=1S/C14H21BrN2/c1-2-14(10-3-5-11(15)6-4-10)17-13-8-7-12(16)9-13/h3-6,12-14,17H,2,7-9,16H2,1H3. The summed E-state index contributed by atoms with van der Waals surface area (Å²) in [5.41, 5.74) is 7.33. The van der Waals surface area contributed by atoms with Crippen LogP contribution in [-0.2, 0) is 0 Å². The van der Waals surface area contributed by atoms with Crippen LogP contribution in [0.5, 0.6) is 0 Å². The minimum absolute atomic E-state index is 0.398. The van der Waals surface area contributed by atoms with Gasteiger partial charge in [0.25, 0.3) is 0 Å². The van der Waals surface area contributed by atoms with Crippen molar-refractivity contribution in [3.63, 3.8) is 0 Å². The number of nitrogens with one attached hydrogen (secondary N) is 1. The largest absolute Gasteiger partial charge is 0.328 e. The number of hydrogen-bond donors (Lipinski definition) is 2. The zero-order chi connectivity index (χ0) is 12.3. The molecule has 0 spiro atoms. The average molecular weight is 297 g/mol. The minimum Gasteiger partial charge on any atom is -0.328 e. The van der Waals surface area contributed by atoms with E-state index in [1.807, 2.05) is 0 Å². The molecule has 3 N–H and O–H groups in total. The highest BCUT2D eigenvalue weighted by Gasteiger charge is 2.23. The first-order chi connectivity index (χ1) is 8.19. The van der Waals surface area contributed by atoms with Crippen molar-refractivity contribution in [1.29, 1.82) is 0 Å². The molecule has 0 aliphatic heterocycles. The van der Waals surface area contributed by atoms with Gasteiger partial charge in [-0.1, -0.05) is 35.0 Å². The van der Waals surface area contributed by atoms with E-state index in [1.54, 1.807) is 0 Å². The van der Waals surface area contributed by atoms with Gasteiger partial charge in [0.05, 0.1) is 0 Å². The molecule has 1 aromatic rings. The highest BCUT2D eigenvalue weighted by molar-refractivity contribution is 9.10. The highest BCUT2D eigenvalue weighted by atomic mass is 79.9. The van der Waals surface area contributed by atoms with E-state index in [9.17, 15) is 0 Å². The molecule has 1 aromatic carbocycles. The molecule has 0 amide bonds. The molecular formula is C14H21BrN2. The van der Waals surface area contributed by atoms with Crippen LogP contribution in [0.15, 0.2) is 28.7 Å². The van der Waals surface area contributed by atoms with Crippen molar-refractivity contribution in [2.45, 2.75) is 50.7 Å². The molecule has 3 atom stereocenters. The van der Waals surface area contributed by atoms with E-state index < -0.39 is 0 Å². The maximum Gasteiger partial charge on any atom is 0.0320 e. The zero-order valence-corrected chi connectivity index (χ0v) is 11.9. The van der Waals surface area contributed by atoms with Gasteiger partial charge in [-0.15, -0.1) is 0 Å². The van der Waals surface area contributed by atoms with E-state index in [0.717, 1.165) is 23.7 Å². The first-order valence-electron chi connectivity index (χ1n) is 6.46. The Morgan fingerprint density at radius 3 is 2.59 bits per heavy atom. The molecule has 0 radical (unpaired) electrons. The molecular weight excluding hydrogens is 276 g/mol. The Bertz CT molecular complexity index is 350. The van der Waals surface area contributed by atoms with Gasteiger partial charge in [0.1, 0.15) is 0 Å². The van der Waals surface area contributed by atoms with Crippen molar-refractivity contribution in [3.8, 4) is 0 Å². The molecule has 2 rings (SSSR count). The quantitative estimate of drug-likeness (QED) is 0.894. The van der Waals surface area contributed by atoms with Gasteiger partial charge >= 0.3 is 0 Å². The van der Waals surface area contributed by atoms with Crippen molar-refractivity contribution in [1.82, 2.24) is 5.32 Å². The van der Waals surface area contributed by atoms with Crippen LogP contribution in [0.1, 0.15) is 44.2 Å². The average Bonchev–Trinajstić information content (AvgIpc) is 2.73. The van der Waals surface area contributed by atoms with Crippen LogP contribution < -0.4 is 11.1 Å². The molecule has 2 nitrogen and oxygen atoms in total. The van der Waals surface area contributed by atoms with Crippen LogP contribution >= 0.6 is 15.9 Å². The molecule has 0 heterocycles. The summed E-state index contributed by atoms with van der Waals surface area (Å²) in [5, 5.41) is 3.74. The predicted octanol–water partition coefficient (Wildman–Crippen LogP) is 3.37. The van der Waals surface area contributed by atoms with E-state index in [4.69, 9.17) is 5.73 Å². The SMILES string of the molecule is CCC(NC1CCC(N)C1)c1ccc(Br)cc1. The van der Waals surface area contributed by atoms with Crippen molar-refractivity contribution < 1.29 is 0 Å². The Labute approximate surface area is 112 Å². The smallest absolute Gasteiger partial charge is 0.0320 e. The lowest BCUT2D eigenvalue weighted by Crippen LogP contribution is -2.32. The molecule has 3 heteroatoms. The second-order valence-corrected chi connectivity index (χ2v) is 5.86. The molecule has 0 bridgehead atoms. The lowest BCUT2D eigenvalue weighted by molar-refractivity contribution is 0.427. The fourth-order valence-corrected chi connectivity index (χ4v) is 2.86. The maximum atomic E-state index is 5.95. The summed E-state index contributed by atoms with van der Waals surface area (Å²) >= 11 is 3.48. The van der Waals surface area contributed by atoms with Gasteiger partial charge in [0.2, 0.25) is 0 Å². The fraction of sp³-hybridized carbons (Fsp3) is 0.571. The normalized spacial score (nSPS) is 26.1. The van der Waals surface area contributed by atoms with E-state index >= 15 is 0 Å². The molecule has 1 aliphatic rings. The van der Waals surface area contributed by atoms with Gasteiger partial charge in [-0.25, -0.2) is 0 Å². The maximum absolute atomic E-state index is 5.95. The van der Waals surface area contributed by atoms with Gasteiger partial charge in [0, 0.05) is 22.6 Å². The van der Waals surface area contributed by atoms with Crippen molar-refractivity contribution in [2.75, 3.05) is 0 Å². The number of hydrogen-bond acceptors (Lipinski definition) is 2. The summed E-state index contributed by atoms with van der Waals surface area (Å²) in [6, 6.07) is 10.1. The van der Waals surface area contributed by atoms with Crippen molar-refractivity contribution in [3.05, 3.63) is 34.3 Å². The first kappa shape index (κ1) is 13.1. The monoisotopic (exact) mass is 296 g/mol. The van der Waals surface area contributed by atoms with Crippen molar-refractivity contribution in [2.24, 2.45) is 5.73 Å². The van der Waals surface area contributed by atoms with Gasteiger partial charge in [0.15, 0.2) is 0 Å². The molecule has 0 aromatic heterocycles. The molecule has 3 unspecified atom stereocenters. The molecule has 94 valence electrons. The number of benzene rings is 1. The molecule has 17 heavy (non-hydrogen) atoms. The number of nitrogens with two attached hydrogens (primary N) is 1. The highest BCUT2D eigenvalue weighted by Crippen LogP contribution is 2.24. The van der Waals surface area contributed by atoms with E-state index in [2.05, 4.69) is 52.4 Å². The Kier molecular flexibility index (Phi) is 4.60. The minimum atomic E-state index is 0.398. The van der Waals surface area contributed by atoms with Crippen LogP contribution in [0.25, 0.3) is 0 Å². The van der Waals surface area contributed by atoms with Crippen LogP contribution in [0.4, 0.5) is 0 Å². The predicted molar refractivity (Wildman–Crippen MR) is 75.9 cm³/mol. The Morgan fingerprint density at radius 1 is 1.35 bits per heavy atom. The Morgan fingerprint density at radius 2 is 2.06 bits per heavy atom. The topological polar surface area (TPSA) is 38.0 Å². The molecule has 1 aliphatic carbocycles. The van der Waals surface area contributed by atoms with E-state index in [-0.39, 0.29) is 0 Å². The number of halogens is 1. The summed E-state index contributed by atoms with van der Waals surface area (Å²) in [4.78, 5) is 0. The summed E-state index contributed by atoms with van der Waals surface area (Å²) in [6.07, 6.45) is 4.61. The van der Waals surface area contributed by atoms with Crippen LogP contribution in [-0.4, -0.2) is 12.1 Å². The second-order valence-electron chi connectivity index (χ2n) is 4.95. The van der Waals surface area contributed by atoms with Crippen molar-refractivity contribution >= 4 is 15.9 Å². The summed E-state index contributed by atoms with van der Waals surface area (Å²) in [7, 11) is 0. The van der Waals surface area contributed by atoms with Crippen LogP contribution in [0.3, 0.4) is 0 Å². The summed E-state index contributed by atoms with van der Waals surface area (Å²) < 4.78 is 1.14. The Hall–Kier alpha value is -0.380. The van der Waals surface area contributed by atoms with Crippen LogP contribution in [0.2, 0.25) is 0 Å². The van der Waals surface area contributed by atoms with Crippen LogP contribution in [0, 0.1) is 0 Å². The lowest BCUT2D eigenvalue weighted by Gasteiger charge is -2.22. The Balaban J connectivity index is 1.98. The summed E-state index contributed by atoms with van der Waals surface area (Å²) in [6.45, 7) is 2.23. The molecule has 1 saturated carbocycles. The van der Waals surface area contributed by atoms with E-state index in [1.165, 1.54) is 12.0 Å². The molecule has 0 saturated heterocycles. The third-order valence-electron chi connectivity index (χ3n) is 3.59. The third-order valence-corrected chi connectivity index (χ3v) is 4.12. The third kappa shape index (κ3) is 3.54. The van der Waals surface area contributed by atoms with Gasteiger partial charge < -0.3 is 11.1 Å². The summed E-state index contributed by atoms with van der Waals surface area (Å²) in [5.74, 6) is 0. The van der Waals surface area contributed by atoms with E-state index in [0.29, 0.717) is 18.1 Å². The number of rotatable bonds is 4. The fourth-order valence-electron chi connectivity index (χ4n) is 2.60. The van der Waals surface area contributed by atoms with Gasteiger partial charge in [-0.05, 0) is 43.4 Å². The lowest BCUT2D eigenvalue weighted by atomic mass is 10.0. The zero-order valence-electron chi connectivity index (χ0n) is 10.3. The first-order valence-corrected chi connectivity index (χ1v) is 7.25. The second kappa shape index (κ2) is 5.98. The molecule has 1 fully saturated rings. The van der Waals surface area contributed by atoms with Gasteiger partial charge in [-0.3, -0.25) is 0 Å². The van der Waals surface area contributed by atoms with Gasteiger partial charge in [-0.2, -0.15) is 0 Å².